The van der Waals surface area contributed by atoms with Crippen molar-refractivity contribution in [3.8, 4) is 17.1 Å². The number of tetrazole rings is 1. The van der Waals surface area contributed by atoms with E-state index in [1.165, 1.54) is 0 Å². The summed E-state index contributed by atoms with van der Waals surface area (Å²) in [7, 11) is 0. The molecule has 0 unspecified atom stereocenters. The van der Waals surface area contributed by atoms with E-state index in [2.05, 4.69) is 36.1 Å². The summed E-state index contributed by atoms with van der Waals surface area (Å²) < 4.78 is 1.68. The highest BCUT2D eigenvalue weighted by Gasteiger charge is 2.23. The third kappa shape index (κ3) is 2.85. The van der Waals surface area contributed by atoms with Gasteiger partial charge in [0.1, 0.15) is 5.82 Å². The molecule has 0 fully saturated rings. The van der Waals surface area contributed by atoms with Crippen LogP contribution < -0.4 is 10.6 Å². The fourth-order valence-corrected chi connectivity index (χ4v) is 3.04. The van der Waals surface area contributed by atoms with E-state index in [1.807, 2.05) is 48.5 Å². The van der Waals surface area contributed by atoms with Crippen LogP contribution in [0.2, 0.25) is 5.02 Å². The standard InChI is InChI=1S/C18H13ClN8/c19-12-7-5-11(6-8-12)9-20-18-21-10-13-16(23-18)22-14-3-1-2-4-15(14)27-17(13)24-25-26-27/h1-8,10H,9H2,(H2,20,21,22,23). The number of para-hydroxylation sites is 2. The van der Waals surface area contributed by atoms with Gasteiger partial charge < -0.3 is 10.6 Å². The minimum atomic E-state index is 0.509. The van der Waals surface area contributed by atoms with Crippen molar-refractivity contribution in [2.45, 2.75) is 6.54 Å². The number of fused-ring (bicyclic) bond motifs is 5. The van der Waals surface area contributed by atoms with Gasteiger partial charge in [0.05, 0.1) is 16.9 Å². The zero-order chi connectivity index (χ0) is 18.2. The third-order valence-electron chi connectivity index (χ3n) is 4.25. The van der Waals surface area contributed by atoms with Gasteiger partial charge >= 0.3 is 0 Å². The largest absolute Gasteiger partial charge is 0.350 e. The molecule has 0 saturated carbocycles. The monoisotopic (exact) mass is 376 g/mol. The molecule has 2 aromatic heterocycles. The van der Waals surface area contributed by atoms with Crippen LogP contribution in [-0.2, 0) is 6.54 Å². The highest BCUT2D eigenvalue weighted by Crippen LogP contribution is 2.35. The first-order chi connectivity index (χ1) is 13.3. The molecule has 0 amide bonds. The molecule has 0 spiro atoms. The second-order valence-electron chi connectivity index (χ2n) is 5.99. The first kappa shape index (κ1) is 15.7. The van der Waals surface area contributed by atoms with E-state index in [9.17, 15) is 0 Å². The minimum Gasteiger partial charge on any atom is -0.350 e. The van der Waals surface area contributed by atoms with Crippen molar-refractivity contribution in [2.24, 2.45) is 0 Å². The van der Waals surface area contributed by atoms with Gasteiger partial charge in [-0.2, -0.15) is 9.67 Å². The summed E-state index contributed by atoms with van der Waals surface area (Å²) >= 11 is 5.93. The van der Waals surface area contributed by atoms with Crippen molar-refractivity contribution < 1.29 is 0 Å². The lowest BCUT2D eigenvalue weighted by Gasteiger charge is -2.10. The van der Waals surface area contributed by atoms with Gasteiger partial charge in [-0.25, -0.2) is 4.98 Å². The summed E-state index contributed by atoms with van der Waals surface area (Å²) in [5.41, 5.74) is 3.53. The van der Waals surface area contributed by atoms with Gasteiger partial charge in [0.2, 0.25) is 5.95 Å². The average Bonchev–Trinajstić information content (AvgIpc) is 3.13. The lowest BCUT2D eigenvalue weighted by Crippen LogP contribution is -2.06. The summed E-state index contributed by atoms with van der Waals surface area (Å²) in [5.74, 6) is 1.74. The van der Waals surface area contributed by atoms with Crippen LogP contribution in [0.3, 0.4) is 0 Å². The summed E-state index contributed by atoms with van der Waals surface area (Å²) in [6.45, 7) is 0.588. The lowest BCUT2D eigenvalue weighted by molar-refractivity contribution is 0.793. The summed E-state index contributed by atoms with van der Waals surface area (Å²) in [6.07, 6.45) is 1.72. The van der Waals surface area contributed by atoms with Crippen LogP contribution in [0.5, 0.6) is 0 Å². The second-order valence-corrected chi connectivity index (χ2v) is 6.43. The Balaban J connectivity index is 1.49. The molecule has 1 aliphatic heterocycles. The molecule has 1 aliphatic rings. The normalized spacial score (nSPS) is 11.6. The molecule has 0 radical (unpaired) electrons. The first-order valence-electron chi connectivity index (χ1n) is 8.28. The fourth-order valence-electron chi connectivity index (χ4n) is 2.92. The van der Waals surface area contributed by atoms with E-state index in [1.54, 1.807) is 10.9 Å². The van der Waals surface area contributed by atoms with E-state index in [0.717, 1.165) is 22.5 Å². The molecule has 2 N–H and O–H groups in total. The maximum Gasteiger partial charge on any atom is 0.224 e. The average molecular weight is 377 g/mol. The van der Waals surface area contributed by atoms with Crippen LogP contribution >= 0.6 is 11.6 Å². The van der Waals surface area contributed by atoms with Crippen LogP contribution in [0, 0.1) is 0 Å². The minimum absolute atomic E-state index is 0.509. The maximum atomic E-state index is 5.93. The Morgan fingerprint density at radius 1 is 1.07 bits per heavy atom. The SMILES string of the molecule is Clc1ccc(CNc2ncc3c(n2)Nc2ccccc2-n2nnnc2-3)cc1. The number of benzene rings is 2. The number of halogens is 1. The quantitative estimate of drug-likeness (QED) is 0.498. The van der Waals surface area contributed by atoms with Crippen LogP contribution in [0.15, 0.2) is 54.7 Å². The maximum absolute atomic E-state index is 5.93. The van der Waals surface area contributed by atoms with Crippen molar-refractivity contribution >= 4 is 29.1 Å². The van der Waals surface area contributed by atoms with E-state index in [-0.39, 0.29) is 0 Å². The van der Waals surface area contributed by atoms with Crippen LogP contribution in [0.25, 0.3) is 17.1 Å². The van der Waals surface area contributed by atoms with Gasteiger partial charge in [-0.3, -0.25) is 0 Å². The lowest BCUT2D eigenvalue weighted by atomic mass is 10.2. The Labute approximate surface area is 159 Å². The molecule has 2 aromatic carbocycles. The number of rotatable bonds is 3. The molecule has 27 heavy (non-hydrogen) atoms. The Hall–Kier alpha value is -3.52. The van der Waals surface area contributed by atoms with Crippen molar-refractivity contribution in [3.63, 3.8) is 0 Å². The molecular weight excluding hydrogens is 364 g/mol. The predicted molar refractivity (Wildman–Crippen MR) is 102 cm³/mol. The Kier molecular flexibility index (Phi) is 3.68. The van der Waals surface area contributed by atoms with Gasteiger partial charge in [0.15, 0.2) is 5.82 Å². The molecule has 0 saturated heterocycles. The van der Waals surface area contributed by atoms with Crippen LogP contribution in [0.1, 0.15) is 5.56 Å². The van der Waals surface area contributed by atoms with E-state index in [0.29, 0.717) is 29.2 Å². The topological polar surface area (TPSA) is 93.4 Å². The second kappa shape index (κ2) is 6.33. The zero-order valence-electron chi connectivity index (χ0n) is 14.0. The van der Waals surface area contributed by atoms with Gasteiger partial charge in [-0.15, -0.1) is 5.10 Å². The summed E-state index contributed by atoms with van der Waals surface area (Å²) in [6, 6.07) is 15.4. The Morgan fingerprint density at radius 3 is 2.81 bits per heavy atom. The van der Waals surface area contributed by atoms with Crippen molar-refractivity contribution in [2.75, 3.05) is 10.6 Å². The molecule has 8 nitrogen and oxygen atoms in total. The molecule has 0 aliphatic carbocycles. The molecule has 3 heterocycles. The number of nitrogens with one attached hydrogen (secondary N) is 2. The van der Waals surface area contributed by atoms with E-state index < -0.39 is 0 Å². The Bertz CT molecular complexity index is 1120. The van der Waals surface area contributed by atoms with Crippen LogP contribution in [-0.4, -0.2) is 30.2 Å². The number of hydrogen-bond donors (Lipinski definition) is 2. The van der Waals surface area contributed by atoms with Gasteiger partial charge in [-0.05, 0) is 40.3 Å². The summed E-state index contributed by atoms with van der Waals surface area (Å²) in [5, 5.41) is 19.3. The van der Waals surface area contributed by atoms with Gasteiger partial charge in [0, 0.05) is 17.8 Å². The highest BCUT2D eigenvalue weighted by atomic mass is 35.5. The zero-order valence-corrected chi connectivity index (χ0v) is 14.7. The number of hydrogen-bond acceptors (Lipinski definition) is 7. The highest BCUT2D eigenvalue weighted by molar-refractivity contribution is 6.30. The fraction of sp³-hybridized carbons (Fsp3) is 0.0556. The first-order valence-corrected chi connectivity index (χ1v) is 8.66. The molecular formula is C18H13ClN8. The van der Waals surface area contributed by atoms with Gasteiger partial charge in [0.25, 0.3) is 0 Å². The molecule has 0 atom stereocenters. The molecule has 5 rings (SSSR count). The van der Waals surface area contributed by atoms with Gasteiger partial charge in [-0.1, -0.05) is 35.9 Å². The number of anilines is 3. The van der Waals surface area contributed by atoms with E-state index >= 15 is 0 Å². The number of nitrogens with zero attached hydrogens (tertiary/aromatic N) is 6. The van der Waals surface area contributed by atoms with Crippen molar-refractivity contribution in [1.29, 1.82) is 0 Å². The molecule has 132 valence electrons. The number of aromatic nitrogens is 6. The van der Waals surface area contributed by atoms with Crippen LogP contribution in [0.4, 0.5) is 17.5 Å². The third-order valence-corrected chi connectivity index (χ3v) is 4.50. The molecule has 9 heteroatoms. The van der Waals surface area contributed by atoms with Crippen molar-refractivity contribution in [1.82, 2.24) is 30.2 Å². The van der Waals surface area contributed by atoms with E-state index in [4.69, 9.17) is 11.6 Å². The Morgan fingerprint density at radius 2 is 1.93 bits per heavy atom. The van der Waals surface area contributed by atoms with Crippen molar-refractivity contribution in [3.05, 3.63) is 65.3 Å². The molecule has 4 aromatic rings. The summed E-state index contributed by atoms with van der Waals surface area (Å²) in [4.78, 5) is 9.03. The predicted octanol–water partition coefficient (Wildman–Crippen LogP) is 3.44. The smallest absolute Gasteiger partial charge is 0.224 e. The molecule has 0 bridgehead atoms.